The van der Waals surface area contributed by atoms with E-state index in [1.54, 1.807) is 12.4 Å². The molecular formula is C13H20F3N5O. The van der Waals surface area contributed by atoms with E-state index in [-0.39, 0.29) is 12.6 Å². The van der Waals surface area contributed by atoms with Gasteiger partial charge in [0, 0.05) is 46.1 Å². The van der Waals surface area contributed by atoms with Gasteiger partial charge in [-0.25, -0.2) is 4.98 Å². The normalized spacial score (nSPS) is 20.1. The average Bonchev–Trinajstić information content (AvgIpc) is 2.83. The minimum atomic E-state index is -4.38. The summed E-state index contributed by atoms with van der Waals surface area (Å²) in [4.78, 5) is 18.9. The third-order valence-electron chi connectivity index (χ3n) is 3.69. The van der Waals surface area contributed by atoms with Crippen molar-refractivity contribution in [2.24, 2.45) is 7.05 Å². The van der Waals surface area contributed by atoms with E-state index in [0.717, 1.165) is 10.7 Å². The van der Waals surface area contributed by atoms with Crippen molar-refractivity contribution in [1.29, 1.82) is 0 Å². The standard InChI is InChI=1S/C13H20F3N5O/c1-19-5-4-18-12(19)10-7-17-3-6-21(10)8-11(22)20(2)9-13(14,15)16/h4-5,10,17H,3,6-9H2,1-2H3. The van der Waals surface area contributed by atoms with E-state index in [1.165, 1.54) is 7.05 Å². The highest BCUT2D eigenvalue weighted by molar-refractivity contribution is 5.78. The van der Waals surface area contributed by atoms with Gasteiger partial charge in [0.1, 0.15) is 12.4 Å². The zero-order valence-corrected chi connectivity index (χ0v) is 12.6. The lowest BCUT2D eigenvalue weighted by Crippen LogP contribution is -2.51. The third kappa shape index (κ3) is 4.20. The second-order valence-electron chi connectivity index (χ2n) is 5.45. The molecule has 124 valence electrons. The Morgan fingerprint density at radius 2 is 2.27 bits per heavy atom. The number of halogens is 3. The van der Waals surface area contributed by atoms with Gasteiger partial charge in [-0.1, -0.05) is 0 Å². The molecule has 1 aliphatic rings. The topological polar surface area (TPSA) is 53.4 Å². The zero-order valence-electron chi connectivity index (χ0n) is 12.6. The number of nitrogens with one attached hydrogen (secondary N) is 1. The van der Waals surface area contributed by atoms with Crippen LogP contribution in [0, 0.1) is 0 Å². The van der Waals surface area contributed by atoms with E-state index in [4.69, 9.17) is 0 Å². The van der Waals surface area contributed by atoms with Crippen molar-refractivity contribution in [3.63, 3.8) is 0 Å². The van der Waals surface area contributed by atoms with Gasteiger partial charge >= 0.3 is 6.18 Å². The molecule has 6 nitrogen and oxygen atoms in total. The highest BCUT2D eigenvalue weighted by Crippen LogP contribution is 2.21. The van der Waals surface area contributed by atoms with Crippen LogP contribution in [0.1, 0.15) is 11.9 Å². The van der Waals surface area contributed by atoms with Gasteiger partial charge in [-0.2, -0.15) is 13.2 Å². The quantitative estimate of drug-likeness (QED) is 0.872. The Labute approximate surface area is 126 Å². The first-order chi connectivity index (χ1) is 10.3. The van der Waals surface area contributed by atoms with Crippen molar-refractivity contribution in [2.75, 3.05) is 39.8 Å². The minimum Gasteiger partial charge on any atom is -0.337 e. The number of hydrogen-bond acceptors (Lipinski definition) is 4. The van der Waals surface area contributed by atoms with Crippen LogP contribution < -0.4 is 5.32 Å². The predicted molar refractivity (Wildman–Crippen MR) is 74.1 cm³/mol. The summed E-state index contributed by atoms with van der Waals surface area (Å²) >= 11 is 0. The Hall–Kier alpha value is -1.61. The van der Waals surface area contributed by atoms with Crippen LogP contribution in [0.25, 0.3) is 0 Å². The number of carbonyl (C=O) groups excluding carboxylic acids is 1. The first kappa shape index (κ1) is 16.8. The zero-order chi connectivity index (χ0) is 16.3. The summed E-state index contributed by atoms with van der Waals surface area (Å²) in [7, 11) is 3.03. The number of rotatable bonds is 4. The molecule has 9 heteroatoms. The molecule has 1 fully saturated rings. The van der Waals surface area contributed by atoms with Gasteiger partial charge in [-0.3, -0.25) is 9.69 Å². The summed E-state index contributed by atoms with van der Waals surface area (Å²) in [5.74, 6) is 0.247. The van der Waals surface area contributed by atoms with Crippen LogP contribution in [-0.2, 0) is 11.8 Å². The molecule has 1 aliphatic heterocycles. The molecular weight excluding hydrogens is 299 g/mol. The number of alkyl halides is 3. The van der Waals surface area contributed by atoms with E-state index in [9.17, 15) is 18.0 Å². The predicted octanol–water partition coefficient (Wildman–Crippen LogP) is 0.387. The van der Waals surface area contributed by atoms with Gasteiger partial charge < -0.3 is 14.8 Å². The van der Waals surface area contributed by atoms with Gasteiger partial charge in [-0.15, -0.1) is 0 Å². The van der Waals surface area contributed by atoms with Gasteiger partial charge in [0.2, 0.25) is 5.91 Å². The molecule has 1 aromatic heterocycles. The van der Waals surface area contributed by atoms with Crippen molar-refractivity contribution in [2.45, 2.75) is 12.2 Å². The van der Waals surface area contributed by atoms with Crippen molar-refractivity contribution in [1.82, 2.24) is 24.7 Å². The van der Waals surface area contributed by atoms with E-state index >= 15 is 0 Å². The number of amides is 1. The summed E-state index contributed by atoms with van der Waals surface area (Å²) in [6.07, 6.45) is -0.910. The van der Waals surface area contributed by atoms with E-state index in [2.05, 4.69) is 10.3 Å². The number of hydrogen-bond donors (Lipinski definition) is 1. The Bertz CT molecular complexity index is 516. The second-order valence-corrected chi connectivity index (χ2v) is 5.45. The molecule has 1 N–H and O–H groups in total. The molecule has 22 heavy (non-hydrogen) atoms. The van der Waals surface area contributed by atoms with Gasteiger partial charge in [0.05, 0.1) is 12.6 Å². The maximum atomic E-state index is 12.4. The molecule has 1 unspecified atom stereocenters. The molecule has 0 radical (unpaired) electrons. The van der Waals surface area contributed by atoms with Crippen molar-refractivity contribution >= 4 is 5.91 Å². The van der Waals surface area contributed by atoms with Crippen LogP contribution in [-0.4, -0.2) is 71.2 Å². The molecule has 0 aliphatic carbocycles. The van der Waals surface area contributed by atoms with Gasteiger partial charge in [0.25, 0.3) is 0 Å². The third-order valence-corrected chi connectivity index (χ3v) is 3.69. The lowest BCUT2D eigenvalue weighted by atomic mass is 10.1. The maximum Gasteiger partial charge on any atom is 0.406 e. The molecule has 1 amide bonds. The monoisotopic (exact) mass is 319 g/mol. The Morgan fingerprint density at radius 1 is 1.55 bits per heavy atom. The highest BCUT2D eigenvalue weighted by Gasteiger charge is 2.33. The number of aryl methyl sites for hydroxylation is 1. The summed E-state index contributed by atoms with van der Waals surface area (Å²) in [5, 5.41) is 3.22. The van der Waals surface area contributed by atoms with Crippen molar-refractivity contribution in [3.8, 4) is 0 Å². The van der Waals surface area contributed by atoms with Crippen molar-refractivity contribution < 1.29 is 18.0 Å². The van der Waals surface area contributed by atoms with Crippen molar-refractivity contribution in [3.05, 3.63) is 18.2 Å². The second kappa shape index (κ2) is 6.66. The van der Waals surface area contributed by atoms with Crippen LogP contribution in [0.2, 0.25) is 0 Å². The first-order valence-electron chi connectivity index (χ1n) is 7.00. The lowest BCUT2D eigenvalue weighted by Gasteiger charge is -2.36. The summed E-state index contributed by atoms with van der Waals surface area (Å²) < 4.78 is 39.0. The molecule has 0 aromatic carbocycles. The number of piperazine rings is 1. The van der Waals surface area contributed by atoms with Crippen LogP contribution in [0.4, 0.5) is 13.2 Å². The molecule has 1 atom stereocenters. The minimum absolute atomic E-state index is 0.0498. The molecule has 2 heterocycles. The fourth-order valence-electron chi connectivity index (χ4n) is 2.54. The smallest absolute Gasteiger partial charge is 0.337 e. The summed E-state index contributed by atoms with van der Waals surface area (Å²) in [6, 6.07) is -0.128. The molecule has 0 spiro atoms. The first-order valence-corrected chi connectivity index (χ1v) is 7.00. The van der Waals surface area contributed by atoms with Gasteiger partial charge in [-0.05, 0) is 0 Å². The summed E-state index contributed by atoms with van der Waals surface area (Å²) in [6.45, 7) is 0.609. The molecule has 1 saturated heterocycles. The Balaban J connectivity index is 2.03. The lowest BCUT2D eigenvalue weighted by molar-refractivity contribution is -0.159. The molecule has 2 rings (SSSR count). The fourth-order valence-corrected chi connectivity index (χ4v) is 2.54. The summed E-state index contributed by atoms with van der Waals surface area (Å²) in [5.41, 5.74) is 0. The maximum absolute atomic E-state index is 12.4. The van der Waals surface area contributed by atoms with Crippen LogP contribution in [0.3, 0.4) is 0 Å². The molecule has 1 aromatic rings. The average molecular weight is 319 g/mol. The largest absolute Gasteiger partial charge is 0.406 e. The Morgan fingerprint density at radius 3 is 2.86 bits per heavy atom. The SMILES string of the molecule is CN(CC(F)(F)F)C(=O)CN1CCNCC1c1nccn1C. The van der Waals surface area contributed by atoms with Crippen LogP contribution in [0.15, 0.2) is 12.4 Å². The number of likely N-dealkylation sites (N-methyl/N-ethyl adjacent to an activating group) is 1. The van der Waals surface area contributed by atoms with Gasteiger partial charge in [0.15, 0.2) is 0 Å². The number of aromatic nitrogens is 2. The fraction of sp³-hybridized carbons (Fsp3) is 0.692. The van der Waals surface area contributed by atoms with E-state index < -0.39 is 18.6 Å². The van der Waals surface area contributed by atoms with Crippen LogP contribution >= 0.6 is 0 Å². The molecule has 0 saturated carbocycles. The number of nitrogens with zero attached hydrogens (tertiary/aromatic N) is 4. The number of imidazole rings is 1. The number of carbonyl (C=O) groups is 1. The highest BCUT2D eigenvalue weighted by atomic mass is 19.4. The Kier molecular flexibility index (Phi) is 5.07. The van der Waals surface area contributed by atoms with E-state index in [1.807, 2.05) is 16.5 Å². The van der Waals surface area contributed by atoms with E-state index in [0.29, 0.717) is 19.6 Å². The molecule has 0 bridgehead atoms. The van der Waals surface area contributed by atoms with Crippen LogP contribution in [0.5, 0.6) is 0 Å².